The molecule has 4 rings (SSSR count). The van der Waals surface area contributed by atoms with Crippen molar-refractivity contribution in [2.75, 3.05) is 7.11 Å². The standard InChI is InChI=1S/C26H19Cl3N2O5S/c1-14(35-19-10-8-16(27)12-18(19)28)25(32)31-30-13-15-7-9-20(21(11-15)34-2)36-26(33)24-23(29)17-5-3-4-6-22(17)37-24/h3-14H,1-2H3,(H,31,32)/b30-13-/t14-/m1/s1. The van der Waals surface area contributed by atoms with E-state index in [4.69, 9.17) is 49.0 Å². The Morgan fingerprint density at radius 2 is 1.76 bits per heavy atom. The van der Waals surface area contributed by atoms with Gasteiger partial charge in [-0.2, -0.15) is 5.10 Å². The highest BCUT2D eigenvalue weighted by Gasteiger charge is 2.20. The number of amides is 1. The summed E-state index contributed by atoms with van der Waals surface area (Å²) >= 11 is 19.6. The molecule has 0 spiro atoms. The minimum absolute atomic E-state index is 0.212. The number of hydrazone groups is 1. The van der Waals surface area contributed by atoms with Gasteiger partial charge in [-0.15, -0.1) is 11.3 Å². The minimum Gasteiger partial charge on any atom is -0.493 e. The summed E-state index contributed by atoms with van der Waals surface area (Å²) in [4.78, 5) is 25.4. The predicted molar refractivity (Wildman–Crippen MR) is 147 cm³/mol. The smallest absolute Gasteiger partial charge is 0.355 e. The number of hydrogen-bond donors (Lipinski definition) is 1. The van der Waals surface area contributed by atoms with E-state index in [0.717, 1.165) is 10.1 Å². The molecule has 0 aliphatic heterocycles. The van der Waals surface area contributed by atoms with Gasteiger partial charge >= 0.3 is 5.97 Å². The zero-order chi connectivity index (χ0) is 26.5. The van der Waals surface area contributed by atoms with Crippen molar-refractivity contribution in [3.63, 3.8) is 0 Å². The highest BCUT2D eigenvalue weighted by atomic mass is 35.5. The van der Waals surface area contributed by atoms with Crippen LogP contribution in [-0.4, -0.2) is 31.3 Å². The second-order valence-electron chi connectivity index (χ2n) is 7.61. The van der Waals surface area contributed by atoms with Crippen molar-refractivity contribution in [2.45, 2.75) is 13.0 Å². The molecule has 0 fully saturated rings. The van der Waals surface area contributed by atoms with E-state index in [1.165, 1.54) is 30.7 Å². The molecule has 1 heterocycles. The first kappa shape index (κ1) is 26.8. The van der Waals surface area contributed by atoms with Crippen LogP contribution in [0, 0.1) is 0 Å². The van der Waals surface area contributed by atoms with Gasteiger partial charge in [-0.25, -0.2) is 10.2 Å². The lowest BCUT2D eigenvalue weighted by molar-refractivity contribution is -0.127. The number of nitrogens with one attached hydrogen (secondary N) is 1. The highest BCUT2D eigenvalue weighted by molar-refractivity contribution is 7.21. The summed E-state index contributed by atoms with van der Waals surface area (Å²) < 4.78 is 17.4. The van der Waals surface area contributed by atoms with Crippen LogP contribution in [0.25, 0.3) is 10.1 Å². The number of methoxy groups -OCH3 is 1. The third-order valence-electron chi connectivity index (χ3n) is 5.07. The molecule has 1 aromatic heterocycles. The van der Waals surface area contributed by atoms with E-state index in [9.17, 15) is 9.59 Å². The van der Waals surface area contributed by atoms with E-state index in [-0.39, 0.29) is 10.8 Å². The van der Waals surface area contributed by atoms with Crippen molar-refractivity contribution in [1.82, 2.24) is 5.43 Å². The number of thiophene rings is 1. The quantitative estimate of drug-likeness (QED) is 0.105. The van der Waals surface area contributed by atoms with E-state index in [1.54, 1.807) is 37.3 Å². The first-order chi connectivity index (χ1) is 17.8. The van der Waals surface area contributed by atoms with Crippen LogP contribution in [0.2, 0.25) is 15.1 Å². The van der Waals surface area contributed by atoms with Crippen LogP contribution in [0.15, 0.2) is 65.8 Å². The Hall–Kier alpha value is -3.30. The Morgan fingerprint density at radius 3 is 2.49 bits per heavy atom. The van der Waals surface area contributed by atoms with Crippen molar-refractivity contribution in [2.24, 2.45) is 5.10 Å². The zero-order valence-corrected chi connectivity index (χ0v) is 22.5. The molecule has 0 unspecified atom stereocenters. The molecule has 0 radical (unpaired) electrons. The topological polar surface area (TPSA) is 86.2 Å². The summed E-state index contributed by atoms with van der Waals surface area (Å²) in [6.45, 7) is 1.56. The molecule has 0 aliphatic carbocycles. The Morgan fingerprint density at radius 1 is 1.00 bits per heavy atom. The van der Waals surface area contributed by atoms with E-state index in [1.807, 2.05) is 24.3 Å². The minimum atomic E-state index is -0.868. The number of carbonyl (C=O) groups excluding carboxylic acids is 2. The maximum absolute atomic E-state index is 12.8. The molecule has 7 nitrogen and oxygen atoms in total. The Kier molecular flexibility index (Phi) is 8.56. The summed E-state index contributed by atoms with van der Waals surface area (Å²) in [6, 6.07) is 17.0. The summed E-state index contributed by atoms with van der Waals surface area (Å²) in [5.41, 5.74) is 2.99. The Labute approximate surface area is 231 Å². The van der Waals surface area contributed by atoms with Gasteiger partial charge in [0.05, 0.1) is 23.4 Å². The third-order valence-corrected chi connectivity index (χ3v) is 7.25. The van der Waals surface area contributed by atoms with Crippen molar-refractivity contribution in [3.05, 3.63) is 86.2 Å². The molecule has 0 aliphatic rings. The predicted octanol–water partition coefficient (Wildman–Crippen LogP) is 7.01. The van der Waals surface area contributed by atoms with Crippen LogP contribution < -0.4 is 19.6 Å². The zero-order valence-electron chi connectivity index (χ0n) is 19.5. The van der Waals surface area contributed by atoms with E-state index >= 15 is 0 Å². The molecule has 4 aromatic rings. The number of carbonyl (C=O) groups is 2. The molecule has 190 valence electrons. The fourth-order valence-electron chi connectivity index (χ4n) is 3.22. The Bertz CT molecular complexity index is 1510. The summed E-state index contributed by atoms with van der Waals surface area (Å²) in [5, 5.41) is 5.84. The number of hydrogen-bond acceptors (Lipinski definition) is 7. The monoisotopic (exact) mass is 576 g/mol. The number of nitrogens with zero attached hydrogens (tertiary/aromatic N) is 1. The maximum Gasteiger partial charge on any atom is 0.355 e. The van der Waals surface area contributed by atoms with Crippen molar-refractivity contribution >= 4 is 74.3 Å². The van der Waals surface area contributed by atoms with Gasteiger partial charge in [-0.3, -0.25) is 4.79 Å². The van der Waals surface area contributed by atoms with Gasteiger partial charge in [0.1, 0.15) is 10.6 Å². The number of ether oxygens (including phenoxy) is 3. The fraction of sp³-hybridized carbons (Fsp3) is 0.115. The number of rotatable bonds is 8. The van der Waals surface area contributed by atoms with Gasteiger partial charge in [0.15, 0.2) is 17.6 Å². The molecule has 0 saturated heterocycles. The van der Waals surface area contributed by atoms with Crippen LogP contribution in [-0.2, 0) is 4.79 Å². The van der Waals surface area contributed by atoms with Gasteiger partial charge in [0.25, 0.3) is 5.91 Å². The number of esters is 1. The summed E-state index contributed by atoms with van der Waals surface area (Å²) in [5.74, 6) is -0.239. The molecular formula is C26H19Cl3N2O5S. The van der Waals surface area contributed by atoms with E-state index in [2.05, 4.69) is 10.5 Å². The fourth-order valence-corrected chi connectivity index (χ4v) is 5.05. The summed E-state index contributed by atoms with van der Waals surface area (Å²) in [7, 11) is 1.45. The van der Waals surface area contributed by atoms with Gasteiger partial charge in [0, 0.05) is 15.1 Å². The molecule has 3 aromatic carbocycles. The van der Waals surface area contributed by atoms with E-state index in [0.29, 0.717) is 32.0 Å². The van der Waals surface area contributed by atoms with Crippen LogP contribution >= 0.6 is 46.1 Å². The van der Waals surface area contributed by atoms with Gasteiger partial charge in [-0.05, 0) is 55.0 Å². The molecule has 0 saturated carbocycles. The first-order valence-corrected chi connectivity index (χ1v) is 12.7. The average molecular weight is 578 g/mol. The molecule has 37 heavy (non-hydrogen) atoms. The third kappa shape index (κ3) is 6.34. The van der Waals surface area contributed by atoms with Crippen molar-refractivity contribution in [3.8, 4) is 17.2 Å². The van der Waals surface area contributed by atoms with Crippen molar-refractivity contribution in [1.29, 1.82) is 0 Å². The van der Waals surface area contributed by atoms with Crippen LogP contribution in [0.5, 0.6) is 17.2 Å². The van der Waals surface area contributed by atoms with Crippen molar-refractivity contribution < 1.29 is 23.8 Å². The number of benzene rings is 3. The lowest BCUT2D eigenvalue weighted by atomic mass is 10.2. The molecular weight excluding hydrogens is 559 g/mol. The highest BCUT2D eigenvalue weighted by Crippen LogP contribution is 2.37. The molecule has 1 atom stereocenters. The average Bonchev–Trinajstić information content (AvgIpc) is 3.23. The molecule has 11 heteroatoms. The lowest BCUT2D eigenvalue weighted by Crippen LogP contribution is -2.33. The second-order valence-corrected chi connectivity index (χ2v) is 9.88. The first-order valence-electron chi connectivity index (χ1n) is 10.8. The SMILES string of the molecule is COc1cc(/C=N\NC(=O)[C@@H](C)Oc2ccc(Cl)cc2Cl)ccc1OC(=O)c1sc2ccccc2c1Cl. The lowest BCUT2D eigenvalue weighted by Gasteiger charge is -2.14. The number of halogens is 3. The van der Waals surface area contributed by atoms with Gasteiger partial charge < -0.3 is 14.2 Å². The van der Waals surface area contributed by atoms with Gasteiger partial charge in [-0.1, -0.05) is 53.0 Å². The number of fused-ring (bicyclic) bond motifs is 1. The van der Waals surface area contributed by atoms with Gasteiger partial charge in [0.2, 0.25) is 0 Å². The largest absolute Gasteiger partial charge is 0.493 e. The van der Waals surface area contributed by atoms with Crippen LogP contribution in [0.3, 0.4) is 0 Å². The second kappa shape index (κ2) is 11.8. The Balaban J connectivity index is 1.39. The summed E-state index contributed by atoms with van der Waals surface area (Å²) in [6.07, 6.45) is 0.546. The van der Waals surface area contributed by atoms with Crippen LogP contribution in [0.4, 0.5) is 0 Å². The van der Waals surface area contributed by atoms with Crippen LogP contribution in [0.1, 0.15) is 22.2 Å². The molecule has 0 bridgehead atoms. The molecule has 1 amide bonds. The molecule has 1 N–H and O–H groups in total. The normalized spacial score (nSPS) is 11.9. The maximum atomic E-state index is 12.8. The van der Waals surface area contributed by atoms with E-state index < -0.39 is 18.0 Å².